The molecule has 0 spiro atoms. The molecule has 1 saturated heterocycles. The SMILES string of the molecule is CCCON=C(C(=O)NC1C(=O)N2C(C(=O)O)=C(CSc3nnnn3C)CS[C@@H]12)c1csc(N)n1. The van der Waals surface area contributed by atoms with Gasteiger partial charge in [0.25, 0.3) is 11.8 Å². The fourth-order valence-electron chi connectivity index (χ4n) is 3.30. The molecule has 0 saturated carbocycles. The minimum Gasteiger partial charge on any atom is -0.477 e. The van der Waals surface area contributed by atoms with Gasteiger partial charge in [0.15, 0.2) is 10.8 Å². The van der Waals surface area contributed by atoms with Crippen LogP contribution in [0.5, 0.6) is 0 Å². The van der Waals surface area contributed by atoms with Crippen molar-refractivity contribution in [3.8, 4) is 0 Å². The van der Waals surface area contributed by atoms with Crippen molar-refractivity contribution in [3.63, 3.8) is 0 Å². The number of nitrogens with one attached hydrogen (secondary N) is 1. The van der Waals surface area contributed by atoms with Crippen molar-refractivity contribution < 1.29 is 24.3 Å². The molecule has 1 fully saturated rings. The number of tetrazole rings is 1. The summed E-state index contributed by atoms with van der Waals surface area (Å²) < 4.78 is 1.48. The average molecular weight is 540 g/mol. The molecular weight excluding hydrogens is 518 g/mol. The van der Waals surface area contributed by atoms with Gasteiger partial charge in [0, 0.05) is 23.9 Å². The lowest BCUT2D eigenvalue weighted by Gasteiger charge is -2.49. The first-order valence-corrected chi connectivity index (χ1v) is 13.2. The van der Waals surface area contributed by atoms with E-state index in [0.717, 1.165) is 11.3 Å². The first kappa shape index (κ1) is 24.9. The van der Waals surface area contributed by atoms with Crippen LogP contribution < -0.4 is 11.1 Å². The Kier molecular flexibility index (Phi) is 7.56. The highest BCUT2D eigenvalue weighted by molar-refractivity contribution is 8.01. The summed E-state index contributed by atoms with van der Waals surface area (Å²) in [6.07, 6.45) is 0.685. The first-order chi connectivity index (χ1) is 16.8. The quantitative estimate of drug-likeness (QED) is 0.120. The lowest BCUT2D eigenvalue weighted by atomic mass is 10.0. The molecule has 2 aromatic rings. The molecule has 2 atom stereocenters. The van der Waals surface area contributed by atoms with Gasteiger partial charge in [-0.25, -0.2) is 14.5 Å². The Hall–Kier alpha value is -3.18. The van der Waals surface area contributed by atoms with E-state index < -0.39 is 29.2 Å². The van der Waals surface area contributed by atoms with Gasteiger partial charge in [-0.2, -0.15) is 0 Å². The summed E-state index contributed by atoms with van der Waals surface area (Å²) in [5, 5.41) is 29.3. The third-order valence-electron chi connectivity index (χ3n) is 4.92. The number of aromatic nitrogens is 5. The van der Waals surface area contributed by atoms with Gasteiger partial charge < -0.3 is 21.0 Å². The van der Waals surface area contributed by atoms with Crippen molar-refractivity contribution in [2.24, 2.45) is 12.2 Å². The van der Waals surface area contributed by atoms with Gasteiger partial charge in [-0.1, -0.05) is 23.8 Å². The zero-order chi connectivity index (χ0) is 25.1. The number of amides is 2. The summed E-state index contributed by atoms with van der Waals surface area (Å²) >= 11 is 3.78. The highest BCUT2D eigenvalue weighted by Crippen LogP contribution is 2.41. The number of β-lactam (4-membered cyclic amide) rings is 1. The second-order valence-corrected chi connectivity index (χ2v) is 10.3. The van der Waals surface area contributed by atoms with E-state index in [-0.39, 0.29) is 22.2 Å². The van der Waals surface area contributed by atoms with Crippen LogP contribution in [0.25, 0.3) is 0 Å². The van der Waals surface area contributed by atoms with Crippen molar-refractivity contribution in [1.29, 1.82) is 0 Å². The van der Waals surface area contributed by atoms with Crippen LogP contribution in [-0.4, -0.2) is 88.2 Å². The van der Waals surface area contributed by atoms with E-state index in [0.29, 0.717) is 35.3 Å². The van der Waals surface area contributed by atoms with E-state index in [1.54, 1.807) is 12.4 Å². The van der Waals surface area contributed by atoms with Crippen LogP contribution in [0.2, 0.25) is 0 Å². The summed E-state index contributed by atoms with van der Waals surface area (Å²) in [5.74, 6) is -1.74. The number of thiazole rings is 1. The Morgan fingerprint density at radius 2 is 2.26 bits per heavy atom. The summed E-state index contributed by atoms with van der Waals surface area (Å²) in [4.78, 5) is 48.4. The number of carbonyl (C=O) groups is 3. The highest BCUT2D eigenvalue weighted by atomic mass is 32.2. The third kappa shape index (κ3) is 5.10. The monoisotopic (exact) mass is 539 g/mol. The molecule has 1 unspecified atom stereocenters. The predicted molar refractivity (Wildman–Crippen MR) is 129 cm³/mol. The molecule has 4 heterocycles. The summed E-state index contributed by atoms with van der Waals surface area (Å²) in [6, 6.07) is -0.925. The molecule has 0 bridgehead atoms. The van der Waals surface area contributed by atoms with Crippen LogP contribution in [0.3, 0.4) is 0 Å². The van der Waals surface area contributed by atoms with Crippen LogP contribution in [0.4, 0.5) is 5.13 Å². The molecule has 0 aliphatic carbocycles. The number of nitrogens with zero attached hydrogens (tertiary/aromatic N) is 7. The maximum absolute atomic E-state index is 13.0. The third-order valence-corrected chi connectivity index (χ3v) is 8.03. The van der Waals surface area contributed by atoms with E-state index in [9.17, 15) is 19.5 Å². The number of aliphatic carboxylic acids is 1. The Bertz CT molecular complexity index is 1210. The number of carboxylic acids is 1. The van der Waals surface area contributed by atoms with Gasteiger partial charge in [-0.3, -0.25) is 14.5 Å². The van der Waals surface area contributed by atoms with Gasteiger partial charge >= 0.3 is 5.97 Å². The zero-order valence-corrected chi connectivity index (χ0v) is 21.0. The fraction of sp³-hybridized carbons (Fsp3) is 0.444. The van der Waals surface area contributed by atoms with E-state index >= 15 is 0 Å². The van der Waals surface area contributed by atoms with Crippen molar-refractivity contribution in [1.82, 2.24) is 35.4 Å². The molecular formula is C18H21N9O5S3. The van der Waals surface area contributed by atoms with Gasteiger partial charge in [-0.05, 0) is 22.4 Å². The molecule has 2 aliphatic rings. The number of thioether (sulfide) groups is 2. The van der Waals surface area contributed by atoms with Crippen molar-refractivity contribution in [3.05, 3.63) is 22.3 Å². The Morgan fingerprint density at radius 3 is 2.89 bits per heavy atom. The molecule has 4 N–H and O–H groups in total. The molecule has 2 aromatic heterocycles. The van der Waals surface area contributed by atoms with Gasteiger partial charge in [0.1, 0.15) is 29.4 Å². The number of rotatable bonds is 10. The number of nitrogen functional groups attached to an aromatic ring is 1. The van der Waals surface area contributed by atoms with Crippen LogP contribution in [0.15, 0.2) is 27.0 Å². The van der Waals surface area contributed by atoms with Crippen molar-refractivity contribution >= 4 is 63.5 Å². The topological polar surface area (TPSA) is 191 Å². The largest absolute Gasteiger partial charge is 0.477 e. The standard InChI is InChI=1S/C18H21N9O5S3/c1-3-4-32-23-10(9-7-34-17(19)20-9)13(28)21-11-14(29)27-12(16(30)31)8(5-33-15(11)27)6-35-18-22-24-25-26(18)2/h7,11,15H,3-6H2,1-2H3,(H2,19,20)(H,21,28)(H,30,31)/t11?,15-/m0/s1. The maximum Gasteiger partial charge on any atom is 0.352 e. The molecule has 17 heteroatoms. The Labute approximate surface area is 211 Å². The molecule has 0 aromatic carbocycles. The van der Waals surface area contributed by atoms with Crippen LogP contribution in [0.1, 0.15) is 19.0 Å². The molecule has 186 valence electrons. The number of oxime groups is 1. The number of hydrogen-bond donors (Lipinski definition) is 3. The maximum atomic E-state index is 13.0. The van der Waals surface area contributed by atoms with Gasteiger partial charge in [-0.15, -0.1) is 28.2 Å². The zero-order valence-electron chi connectivity index (χ0n) is 18.6. The lowest BCUT2D eigenvalue weighted by molar-refractivity contribution is -0.150. The molecule has 14 nitrogen and oxygen atoms in total. The van der Waals surface area contributed by atoms with Crippen LogP contribution in [-0.2, 0) is 26.3 Å². The number of carbonyl (C=O) groups excluding carboxylic acids is 2. The molecule has 4 rings (SSSR count). The van der Waals surface area contributed by atoms with Gasteiger partial charge in [0.05, 0.1) is 0 Å². The van der Waals surface area contributed by atoms with E-state index in [4.69, 9.17) is 10.6 Å². The van der Waals surface area contributed by atoms with E-state index in [1.165, 1.54) is 33.1 Å². The second-order valence-electron chi connectivity index (χ2n) is 7.34. The molecule has 2 aliphatic heterocycles. The minimum absolute atomic E-state index is 0.0840. The Balaban J connectivity index is 1.49. The molecule has 35 heavy (non-hydrogen) atoms. The number of carboxylic acid groups (broad SMARTS) is 1. The minimum atomic E-state index is -1.21. The van der Waals surface area contributed by atoms with Crippen molar-refractivity contribution in [2.45, 2.75) is 29.9 Å². The number of anilines is 1. The second kappa shape index (κ2) is 10.6. The number of fused-ring (bicyclic) bond motifs is 1. The van der Waals surface area contributed by atoms with E-state index in [1.807, 2.05) is 6.92 Å². The predicted octanol–water partition coefficient (Wildman–Crippen LogP) is -0.0896. The van der Waals surface area contributed by atoms with E-state index in [2.05, 4.69) is 31.0 Å². The van der Waals surface area contributed by atoms with Crippen LogP contribution in [0, 0.1) is 0 Å². The fourth-order valence-corrected chi connectivity index (χ4v) is 6.18. The average Bonchev–Trinajstić information content (AvgIpc) is 3.45. The van der Waals surface area contributed by atoms with Crippen molar-refractivity contribution in [2.75, 3.05) is 23.8 Å². The number of nitrogens with two attached hydrogens (primary N) is 1. The first-order valence-electron chi connectivity index (χ1n) is 10.3. The Morgan fingerprint density at radius 1 is 1.46 bits per heavy atom. The highest BCUT2D eigenvalue weighted by Gasteiger charge is 2.54. The number of aryl methyl sites for hydroxylation is 1. The molecule has 2 amide bonds. The summed E-state index contributed by atoms with van der Waals surface area (Å²) in [6.45, 7) is 2.19. The van der Waals surface area contributed by atoms with Crippen LogP contribution >= 0.6 is 34.9 Å². The summed E-state index contributed by atoms with van der Waals surface area (Å²) in [7, 11) is 1.68. The lowest BCUT2D eigenvalue weighted by Crippen LogP contribution is -2.71. The number of hydrogen-bond acceptors (Lipinski definition) is 13. The van der Waals surface area contributed by atoms with Gasteiger partial charge in [0.2, 0.25) is 5.16 Å². The molecule has 0 radical (unpaired) electrons. The normalized spacial score (nSPS) is 19.9. The smallest absolute Gasteiger partial charge is 0.352 e. The summed E-state index contributed by atoms with van der Waals surface area (Å²) in [5.41, 5.74) is 6.28.